The number of aromatic nitrogens is 2. The van der Waals surface area contributed by atoms with Crippen molar-refractivity contribution in [3.05, 3.63) is 53.3 Å². The molecule has 0 aliphatic heterocycles. The third-order valence-corrected chi connectivity index (χ3v) is 3.96. The lowest BCUT2D eigenvalue weighted by Gasteiger charge is -2.26. The Morgan fingerprint density at radius 3 is 2.62 bits per heavy atom. The molecule has 2 rings (SSSR count). The molecular formula is C20H28N4O2. The van der Waals surface area contributed by atoms with E-state index in [1.165, 1.54) is 0 Å². The predicted octanol–water partition coefficient (Wildman–Crippen LogP) is 3.28. The van der Waals surface area contributed by atoms with Crippen molar-refractivity contribution in [2.45, 2.75) is 39.8 Å². The van der Waals surface area contributed by atoms with Crippen LogP contribution in [-0.4, -0.2) is 47.1 Å². The first-order valence-corrected chi connectivity index (χ1v) is 8.94. The molecule has 1 amide bonds. The van der Waals surface area contributed by atoms with E-state index in [4.69, 9.17) is 4.74 Å². The first-order chi connectivity index (χ1) is 12.5. The number of carbonyl (C=O) groups is 1. The summed E-state index contributed by atoms with van der Waals surface area (Å²) in [5, 5.41) is 3.16. The second-order valence-electron chi connectivity index (χ2n) is 6.50. The molecular weight excluding hydrogens is 328 g/mol. The number of amides is 1. The fourth-order valence-electron chi connectivity index (χ4n) is 2.59. The Hall–Kier alpha value is -2.47. The van der Waals surface area contributed by atoms with Crippen molar-refractivity contribution >= 4 is 11.9 Å². The minimum Gasteiger partial charge on any atom is -0.385 e. The Morgan fingerprint density at radius 2 is 1.96 bits per heavy atom. The fraction of sp³-hybridized carbons (Fsp3) is 0.450. The molecule has 0 radical (unpaired) electrons. The van der Waals surface area contributed by atoms with Crippen LogP contribution >= 0.6 is 0 Å². The van der Waals surface area contributed by atoms with E-state index in [1.807, 2.05) is 56.0 Å². The van der Waals surface area contributed by atoms with Crippen LogP contribution in [-0.2, 0) is 11.3 Å². The lowest BCUT2D eigenvalue weighted by molar-refractivity contribution is 0.0684. The lowest BCUT2D eigenvalue weighted by Crippen LogP contribution is -2.37. The summed E-state index contributed by atoms with van der Waals surface area (Å²) in [5.41, 5.74) is 2.27. The molecule has 26 heavy (non-hydrogen) atoms. The molecule has 1 aromatic heterocycles. The van der Waals surface area contributed by atoms with Gasteiger partial charge in [0, 0.05) is 38.5 Å². The second-order valence-corrected chi connectivity index (χ2v) is 6.50. The number of hydrogen-bond donors (Lipinski definition) is 1. The molecule has 0 aliphatic carbocycles. The van der Waals surface area contributed by atoms with Crippen molar-refractivity contribution in [2.75, 3.05) is 25.6 Å². The van der Waals surface area contributed by atoms with Crippen molar-refractivity contribution in [1.82, 2.24) is 14.9 Å². The summed E-state index contributed by atoms with van der Waals surface area (Å²) in [5.74, 6) is 0.391. The molecule has 2 aromatic rings. The molecule has 6 nitrogen and oxygen atoms in total. The number of aryl methyl sites for hydroxylation is 1. The Labute approximate surface area is 155 Å². The van der Waals surface area contributed by atoms with Crippen LogP contribution in [0.5, 0.6) is 0 Å². The summed E-state index contributed by atoms with van der Waals surface area (Å²) in [6.07, 6.45) is 0.850. The number of benzene rings is 1. The third kappa shape index (κ3) is 5.81. The average molecular weight is 356 g/mol. The van der Waals surface area contributed by atoms with Gasteiger partial charge in [0.05, 0.1) is 0 Å². The molecule has 6 heteroatoms. The number of carbonyl (C=O) groups excluding carboxylic acids is 1. The minimum atomic E-state index is -0.0886. The molecule has 0 fully saturated rings. The van der Waals surface area contributed by atoms with Crippen molar-refractivity contribution in [2.24, 2.45) is 0 Å². The maximum Gasteiger partial charge on any atom is 0.273 e. The summed E-state index contributed by atoms with van der Waals surface area (Å²) in [7, 11) is 1.67. The van der Waals surface area contributed by atoms with Gasteiger partial charge in [-0.3, -0.25) is 4.79 Å². The Kier molecular flexibility index (Phi) is 7.53. The standard InChI is InChI=1S/C20H28N4O2/c1-15(2)24(14-17-9-6-5-7-10-17)19(25)18-13-16(3)22-20(23-18)21-11-8-12-26-4/h5-7,9-10,13,15H,8,11-12,14H2,1-4H3,(H,21,22,23). The van der Waals surface area contributed by atoms with E-state index in [0.29, 0.717) is 31.3 Å². The molecule has 1 aromatic carbocycles. The second kappa shape index (κ2) is 9.87. The van der Waals surface area contributed by atoms with Crippen molar-refractivity contribution in [1.29, 1.82) is 0 Å². The summed E-state index contributed by atoms with van der Waals surface area (Å²) >= 11 is 0. The monoisotopic (exact) mass is 356 g/mol. The van der Waals surface area contributed by atoms with Crippen LogP contribution in [0.25, 0.3) is 0 Å². The van der Waals surface area contributed by atoms with E-state index in [1.54, 1.807) is 13.2 Å². The molecule has 0 atom stereocenters. The van der Waals surface area contributed by atoms with Crippen LogP contribution in [0.2, 0.25) is 0 Å². The maximum atomic E-state index is 13.1. The van der Waals surface area contributed by atoms with Gasteiger partial charge in [0.2, 0.25) is 5.95 Å². The molecule has 0 saturated carbocycles. The molecule has 0 spiro atoms. The van der Waals surface area contributed by atoms with Crippen LogP contribution in [0.3, 0.4) is 0 Å². The van der Waals surface area contributed by atoms with E-state index in [0.717, 1.165) is 17.7 Å². The van der Waals surface area contributed by atoms with E-state index < -0.39 is 0 Å². The normalized spacial score (nSPS) is 10.8. The number of nitrogens with one attached hydrogen (secondary N) is 1. The van der Waals surface area contributed by atoms with Gasteiger partial charge in [0.25, 0.3) is 5.91 Å². The lowest BCUT2D eigenvalue weighted by atomic mass is 10.1. The van der Waals surface area contributed by atoms with Gasteiger partial charge in [0.1, 0.15) is 5.69 Å². The topological polar surface area (TPSA) is 67.3 Å². The highest BCUT2D eigenvalue weighted by Gasteiger charge is 2.21. The molecule has 0 saturated heterocycles. The largest absolute Gasteiger partial charge is 0.385 e. The smallest absolute Gasteiger partial charge is 0.273 e. The fourth-order valence-corrected chi connectivity index (χ4v) is 2.59. The van der Waals surface area contributed by atoms with Gasteiger partial charge in [-0.1, -0.05) is 30.3 Å². The third-order valence-electron chi connectivity index (χ3n) is 3.96. The number of hydrogen-bond acceptors (Lipinski definition) is 5. The number of methoxy groups -OCH3 is 1. The van der Waals surface area contributed by atoms with E-state index >= 15 is 0 Å². The quantitative estimate of drug-likeness (QED) is 0.699. The number of ether oxygens (including phenoxy) is 1. The number of nitrogens with zero attached hydrogens (tertiary/aromatic N) is 3. The van der Waals surface area contributed by atoms with Gasteiger partial charge >= 0.3 is 0 Å². The van der Waals surface area contributed by atoms with Gasteiger partial charge in [0.15, 0.2) is 0 Å². The first-order valence-electron chi connectivity index (χ1n) is 8.94. The van der Waals surface area contributed by atoms with Gasteiger partial charge in [-0.15, -0.1) is 0 Å². The van der Waals surface area contributed by atoms with Gasteiger partial charge in [-0.25, -0.2) is 9.97 Å². The van der Waals surface area contributed by atoms with Gasteiger partial charge in [-0.2, -0.15) is 0 Å². The average Bonchev–Trinajstić information content (AvgIpc) is 2.63. The summed E-state index contributed by atoms with van der Waals surface area (Å²) in [6, 6.07) is 11.8. The highest BCUT2D eigenvalue weighted by molar-refractivity contribution is 5.92. The number of rotatable bonds is 9. The van der Waals surface area contributed by atoms with Crippen LogP contribution in [0, 0.1) is 6.92 Å². The molecule has 0 unspecified atom stereocenters. The SMILES string of the molecule is COCCCNc1nc(C)cc(C(=O)N(Cc2ccccc2)C(C)C)n1. The highest BCUT2D eigenvalue weighted by Crippen LogP contribution is 2.14. The van der Waals surface area contributed by atoms with Gasteiger partial charge in [-0.05, 0) is 38.8 Å². The van der Waals surface area contributed by atoms with Crippen LogP contribution in [0.1, 0.15) is 42.0 Å². The summed E-state index contributed by atoms with van der Waals surface area (Å²) in [6.45, 7) is 7.82. The summed E-state index contributed by atoms with van der Waals surface area (Å²) in [4.78, 5) is 23.7. The van der Waals surface area contributed by atoms with E-state index in [9.17, 15) is 4.79 Å². The molecule has 0 aliphatic rings. The minimum absolute atomic E-state index is 0.0658. The number of anilines is 1. The molecule has 0 bridgehead atoms. The summed E-state index contributed by atoms with van der Waals surface area (Å²) < 4.78 is 5.04. The zero-order chi connectivity index (χ0) is 18.9. The maximum absolute atomic E-state index is 13.1. The van der Waals surface area contributed by atoms with E-state index in [2.05, 4.69) is 15.3 Å². The van der Waals surface area contributed by atoms with E-state index in [-0.39, 0.29) is 11.9 Å². The highest BCUT2D eigenvalue weighted by atomic mass is 16.5. The van der Waals surface area contributed by atoms with Crippen LogP contribution < -0.4 is 5.32 Å². The van der Waals surface area contributed by atoms with Crippen molar-refractivity contribution in [3.63, 3.8) is 0 Å². The van der Waals surface area contributed by atoms with Crippen LogP contribution in [0.4, 0.5) is 5.95 Å². The van der Waals surface area contributed by atoms with Crippen LogP contribution in [0.15, 0.2) is 36.4 Å². The zero-order valence-corrected chi connectivity index (χ0v) is 16.0. The molecule has 140 valence electrons. The van der Waals surface area contributed by atoms with Crippen molar-refractivity contribution in [3.8, 4) is 0 Å². The van der Waals surface area contributed by atoms with Gasteiger partial charge < -0.3 is 15.0 Å². The first kappa shape index (κ1) is 19.8. The Morgan fingerprint density at radius 1 is 1.23 bits per heavy atom. The predicted molar refractivity (Wildman–Crippen MR) is 103 cm³/mol. The Bertz CT molecular complexity index is 704. The van der Waals surface area contributed by atoms with Crippen molar-refractivity contribution < 1.29 is 9.53 Å². The molecule has 1 heterocycles. The Balaban J connectivity index is 2.15. The molecule has 1 N–H and O–H groups in total. The zero-order valence-electron chi connectivity index (χ0n) is 16.0.